The third-order valence-electron chi connectivity index (χ3n) is 2.72. The second-order valence-electron chi connectivity index (χ2n) is 4.19. The molecule has 0 aliphatic carbocycles. The largest absolute Gasteiger partial charge is 0.496 e. The predicted molar refractivity (Wildman–Crippen MR) is 90.1 cm³/mol. The van der Waals surface area contributed by atoms with Crippen LogP contribution >= 0.6 is 27.3 Å². The lowest BCUT2D eigenvalue weighted by Gasteiger charge is -2.02. The number of esters is 1. The molecule has 6 nitrogen and oxygen atoms in total. The highest BCUT2D eigenvalue weighted by atomic mass is 79.9. The third-order valence-corrected chi connectivity index (χ3v) is 4.38. The predicted octanol–water partition coefficient (Wildman–Crippen LogP) is 3.46. The van der Waals surface area contributed by atoms with E-state index in [1.165, 1.54) is 18.4 Å². The van der Waals surface area contributed by atoms with Crippen molar-refractivity contribution in [2.45, 2.75) is 6.92 Å². The summed E-state index contributed by atoms with van der Waals surface area (Å²) in [6, 6.07) is 5.60. The van der Waals surface area contributed by atoms with Gasteiger partial charge < -0.3 is 9.47 Å². The van der Waals surface area contributed by atoms with E-state index in [4.69, 9.17) is 4.74 Å². The quantitative estimate of drug-likeness (QED) is 0.486. The number of rotatable bonds is 5. The van der Waals surface area contributed by atoms with Gasteiger partial charge in [-0.05, 0) is 46.6 Å². The lowest BCUT2D eigenvalue weighted by Crippen LogP contribution is -1.99. The summed E-state index contributed by atoms with van der Waals surface area (Å²) in [5, 5.41) is 4.64. The number of hydrogen-bond acceptors (Lipinski definition) is 7. The average Bonchev–Trinajstić information content (AvgIpc) is 2.87. The molecule has 0 unspecified atom stereocenters. The van der Waals surface area contributed by atoms with Crippen LogP contribution in [0, 0.1) is 6.92 Å². The Bertz CT molecular complexity index is 715. The summed E-state index contributed by atoms with van der Waals surface area (Å²) in [6.07, 6.45) is 1.65. The van der Waals surface area contributed by atoms with Gasteiger partial charge in [0, 0.05) is 0 Å². The van der Waals surface area contributed by atoms with Crippen molar-refractivity contribution >= 4 is 44.6 Å². The first-order chi connectivity index (χ1) is 10.5. The van der Waals surface area contributed by atoms with E-state index in [0.29, 0.717) is 15.7 Å². The van der Waals surface area contributed by atoms with Gasteiger partial charge >= 0.3 is 5.97 Å². The van der Waals surface area contributed by atoms with Crippen LogP contribution in [0.15, 0.2) is 27.8 Å². The molecule has 0 aliphatic heterocycles. The van der Waals surface area contributed by atoms with E-state index in [0.717, 1.165) is 15.8 Å². The molecule has 116 valence electrons. The molecule has 0 saturated carbocycles. The van der Waals surface area contributed by atoms with E-state index in [-0.39, 0.29) is 0 Å². The number of carbonyl (C=O) groups is 1. The van der Waals surface area contributed by atoms with Crippen molar-refractivity contribution in [1.82, 2.24) is 4.98 Å². The number of methoxy groups -OCH3 is 2. The smallest absolute Gasteiger partial charge is 0.350 e. The zero-order chi connectivity index (χ0) is 16.1. The van der Waals surface area contributed by atoms with Gasteiger partial charge in [-0.1, -0.05) is 11.3 Å². The molecule has 0 spiro atoms. The molecule has 0 bridgehead atoms. The highest BCUT2D eigenvalue weighted by molar-refractivity contribution is 9.10. The monoisotopic (exact) mass is 383 g/mol. The van der Waals surface area contributed by atoms with E-state index in [1.807, 2.05) is 18.2 Å². The van der Waals surface area contributed by atoms with Gasteiger partial charge in [-0.2, -0.15) is 5.10 Å². The first-order valence-electron chi connectivity index (χ1n) is 6.23. The van der Waals surface area contributed by atoms with Crippen molar-refractivity contribution in [3.8, 4) is 5.75 Å². The minimum Gasteiger partial charge on any atom is -0.496 e. The van der Waals surface area contributed by atoms with Gasteiger partial charge in [0.15, 0.2) is 0 Å². The number of nitrogens with zero attached hydrogens (tertiary/aromatic N) is 2. The fourth-order valence-corrected chi connectivity index (χ4v) is 3.04. The fourth-order valence-electron chi connectivity index (χ4n) is 1.65. The molecule has 0 fully saturated rings. The third kappa shape index (κ3) is 3.83. The Labute approximate surface area is 140 Å². The zero-order valence-corrected chi connectivity index (χ0v) is 14.6. The van der Waals surface area contributed by atoms with Crippen LogP contribution in [0.1, 0.15) is 20.9 Å². The summed E-state index contributed by atoms with van der Waals surface area (Å²) in [4.78, 5) is 16.2. The summed E-state index contributed by atoms with van der Waals surface area (Å²) in [6.45, 7) is 1.75. The van der Waals surface area contributed by atoms with Crippen LogP contribution in [0.2, 0.25) is 0 Å². The summed E-state index contributed by atoms with van der Waals surface area (Å²) < 4.78 is 10.7. The Morgan fingerprint density at radius 2 is 2.23 bits per heavy atom. The molecule has 0 saturated heterocycles. The van der Waals surface area contributed by atoms with Crippen molar-refractivity contribution in [2.24, 2.45) is 5.10 Å². The molecule has 2 aromatic rings. The molecular formula is C14H14BrN3O3S. The van der Waals surface area contributed by atoms with Crippen LogP contribution in [0.3, 0.4) is 0 Å². The van der Waals surface area contributed by atoms with Gasteiger partial charge in [0.1, 0.15) is 10.6 Å². The highest BCUT2D eigenvalue weighted by Gasteiger charge is 2.15. The molecule has 0 radical (unpaired) electrons. The molecule has 1 aromatic heterocycles. The highest BCUT2D eigenvalue weighted by Crippen LogP contribution is 2.25. The van der Waals surface area contributed by atoms with E-state index in [1.54, 1.807) is 20.2 Å². The van der Waals surface area contributed by atoms with Crippen LogP contribution < -0.4 is 10.2 Å². The van der Waals surface area contributed by atoms with Gasteiger partial charge in [0.05, 0.1) is 30.6 Å². The standard InChI is InChI=1S/C14H14BrN3O3S/c1-8-12(13(19)21-3)22-14(17-8)18-16-7-9-4-5-11(20-2)10(15)6-9/h4-7H,1-3H3,(H,17,18)/b16-7-. The fraction of sp³-hybridized carbons (Fsp3) is 0.214. The van der Waals surface area contributed by atoms with Crippen molar-refractivity contribution in [1.29, 1.82) is 0 Å². The number of halogens is 1. The molecule has 0 aliphatic rings. The summed E-state index contributed by atoms with van der Waals surface area (Å²) in [7, 11) is 2.95. The van der Waals surface area contributed by atoms with Crippen LogP contribution in [0.25, 0.3) is 0 Å². The topological polar surface area (TPSA) is 72.8 Å². The van der Waals surface area contributed by atoms with Crippen LogP contribution in [0.4, 0.5) is 5.13 Å². The maximum absolute atomic E-state index is 11.5. The number of aryl methyl sites for hydroxylation is 1. The van der Waals surface area contributed by atoms with E-state index >= 15 is 0 Å². The maximum Gasteiger partial charge on any atom is 0.350 e. The second kappa shape index (κ2) is 7.37. The van der Waals surface area contributed by atoms with Crippen LogP contribution in [0.5, 0.6) is 5.75 Å². The summed E-state index contributed by atoms with van der Waals surface area (Å²) in [5.74, 6) is 0.356. The number of anilines is 1. The molecule has 0 atom stereocenters. The number of nitrogens with one attached hydrogen (secondary N) is 1. The van der Waals surface area contributed by atoms with Crippen LogP contribution in [-0.4, -0.2) is 31.4 Å². The van der Waals surface area contributed by atoms with E-state index in [9.17, 15) is 4.79 Å². The van der Waals surface area contributed by atoms with Crippen molar-refractivity contribution in [3.05, 3.63) is 38.8 Å². The Hall–Kier alpha value is -1.93. The van der Waals surface area contributed by atoms with Crippen molar-refractivity contribution in [3.63, 3.8) is 0 Å². The van der Waals surface area contributed by atoms with E-state index < -0.39 is 5.97 Å². The minimum absolute atomic E-state index is 0.397. The van der Waals surface area contributed by atoms with Gasteiger partial charge in [0.25, 0.3) is 0 Å². The van der Waals surface area contributed by atoms with Crippen molar-refractivity contribution < 1.29 is 14.3 Å². The Morgan fingerprint density at radius 1 is 1.45 bits per heavy atom. The lowest BCUT2D eigenvalue weighted by atomic mass is 10.2. The number of hydrogen-bond donors (Lipinski definition) is 1. The Morgan fingerprint density at radius 3 is 2.86 bits per heavy atom. The lowest BCUT2D eigenvalue weighted by molar-refractivity contribution is 0.0605. The normalized spacial score (nSPS) is 10.7. The Balaban J connectivity index is 2.06. The summed E-state index contributed by atoms with van der Waals surface area (Å²) >= 11 is 4.61. The molecule has 2 rings (SSSR count). The van der Waals surface area contributed by atoms with Gasteiger partial charge in [-0.3, -0.25) is 5.43 Å². The second-order valence-corrected chi connectivity index (χ2v) is 6.04. The molecule has 1 heterocycles. The molecule has 22 heavy (non-hydrogen) atoms. The SMILES string of the molecule is COC(=O)c1sc(N/N=C\c2ccc(OC)c(Br)c2)nc1C. The number of hydrazone groups is 1. The first-order valence-corrected chi connectivity index (χ1v) is 7.84. The van der Waals surface area contributed by atoms with Gasteiger partial charge in [0.2, 0.25) is 5.13 Å². The average molecular weight is 384 g/mol. The molecule has 1 aromatic carbocycles. The number of ether oxygens (including phenoxy) is 2. The van der Waals surface area contributed by atoms with Crippen molar-refractivity contribution in [2.75, 3.05) is 19.6 Å². The number of thiazole rings is 1. The summed E-state index contributed by atoms with van der Waals surface area (Å²) in [5.41, 5.74) is 4.31. The molecule has 8 heteroatoms. The number of aromatic nitrogens is 1. The molecular weight excluding hydrogens is 370 g/mol. The molecule has 0 amide bonds. The minimum atomic E-state index is -0.397. The van der Waals surface area contributed by atoms with E-state index in [2.05, 4.69) is 36.2 Å². The van der Waals surface area contributed by atoms with Gasteiger partial charge in [-0.25, -0.2) is 9.78 Å². The maximum atomic E-state index is 11.5. The van der Waals surface area contributed by atoms with Gasteiger partial charge in [-0.15, -0.1) is 0 Å². The first kappa shape index (κ1) is 16.4. The van der Waals surface area contributed by atoms with Crippen LogP contribution in [-0.2, 0) is 4.74 Å². The molecule has 1 N–H and O–H groups in total. The zero-order valence-electron chi connectivity index (χ0n) is 12.2. The number of carbonyl (C=O) groups excluding carboxylic acids is 1. The Kier molecular flexibility index (Phi) is 5.51. The number of benzene rings is 1.